The molecule has 2 rings (SSSR count). The summed E-state index contributed by atoms with van der Waals surface area (Å²) in [6.45, 7) is 5.09. The van der Waals surface area contributed by atoms with Crippen LogP contribution in [0.1, 0.15) is 46.6 Å². The Morgan fingerprint density at radius 1 is 1.33 bits per heavy atom. The highest BCUT2D eigenvalue weighted by Crippen LogP contribution is 2.21. The third-order valence-corrected chi connectivity index (χ3v) is 4.00. The molecule has 5 nitrogen and oxygen atoms in total. The van der Waals surface area contributed by atoms with Gasteiger partial charge in [-0.05, 0) is 31.9 Å². The Labute approximate surface area is 138 Å². The van der Waals surface area contributed by atoms with Crippen LogP contribution in [0.5, 0.6) is 0 Å². The molecule has 0 aliphatic rings. The molecular weight excluding hydrogens is 316 g/mol. The van der Waals surface area contributed by atoms with Gasteiger partial charge >= 0.3 is 0 Å². The average molecular weight is 335 g/mol. The Morgan fingerprint density at radius 3 is 2.58 bits per heavy atom. The van der Waals surface area contributed by atoms with Crippen LogP contribution in [0.15, 0.2) is 23.0 Å². The number of rotatable bonds is 4. The fourth-order valence-corrected chi connectivity index (χ4v) is 2.53. The number of amides is 1. The lowest BCUT2D eigenvalue weighted by Gasteiger charge is -2.19. The van der Waals surface area contributed by atoms with Crippen LogP contribution in [0.3, 0.4) is 0 Å². The maximum atomic E-state index is 14.0. The van der Waals surface area contributed by atoms with Crippen LogP contribution < -0.4 is 10.9 Å². The maximum absolute atomic E-state index is 14.0. The van der Waals surface area contributed by atoms with E-state index in [0.29, 0.717) is 17.7 Å². The summed E-state index contributed by atoms with van der Waals surface area (Å²) in [6, 6.07) is 2.52. The predicted octanol–water partition coefficient (Wildman–Crippen LogP) is 2.56. The van der Waals surface area contributed by atoms with Gasteiger partial charge in [-0.25, -0.2) is 13.5 Å². The van der Waals surface area contributed by atoms with Gasteiger partial charge in [-0.15, -0.1) is 0 Å². The Kier molecular flexibility index (Phi) is 5.11. The summed E-state index contributed by atoms with van der Waals surface area (Å²) in [5, 5.41) is 6.67. The van der Waals surface area contributed by atoms with Crippen LogP contribution in [0, 0.1) is 25.5 Å². The molecule has 1 unspecified atom stereocenters. The first-order valence-electron chi connectivity index (χ1n) is 7.56. The van der Waals surface area contributed by atoms with Crippen molar-refractivity contribution in [2.24, 2.45) is 7.05 Å². The number of benzene rings is 1. The summed E-state index contributed by atoms with van der Waals surface area (Å²) in [5.74, 6) is -2.03. The summed E-state index contributed by atoms with van der Waals surface area (Å²) < 4.78 is 28.1. The van der Waals surface area contributed by atoms with Crippen molar-refractivity contribution in [3.63, 3.8) is 0 Å². The average Bonchev–Trinajstić information content (AvgIpc) is 2.51. The van der Waals surface area contributed by atoms with Gasteiger partial charge in [-0.1, -0.05) is 13.0 Å². The van der Waals surface area contributed by atoms with E-state index in [9.17, 15) is 18.4 Å². The van der Waals surface area contributed by atoms with E-state index in [0.717, 1.165) is 16.8 Å². The third kappa shape index (κ3) is 3.34. The molecule has 0 radical (unpaired) electrons. The zero-order valence-electron chi connectivity index (χ0n) is 14.0. The summed E-state index contributed by atoms with van der Waals surface area (Å²) in [5.41, 5.74) is 0.664. The Bertz CT molecular complexity index is 846. The van der Waals surface area contributed by atoms with Crippen molar-refractivity contribution in [3.05, 3.63) is 62.6 Å². The van der Waals surface area contributed by atoms with Gasteiger partial charge in [-0.3, -0.25) is 9.59 Å². The van der Waals surface area contributed by atoms with E-state index < -0.39 is 29.1 Å². The number of carbonyl (C=O) groups excluding carboxylic acids is 1. The molecule has 2 aromatic rings. The number of nitrogens with zero attached hydrogens (tertiary/aromatic N) is 2. The van der Waals surface area contributed by atoms with Gasteiger partial charge in [0, 0.05) is 18.7 Å². The Hall–Kier alpha value is -2.57. The molecule has 7 heteroatoms. The largest absolute Gasteiger partial charge is 0.345 e. The van der Waals surface area contributed by atoms with Crippen LogP contribution in [-0.2, 0) is 7.05 Å². The molecule has 0 fully saturated rings. The molecule has 128 valence electrons. The van der Waals surface area contributed by atoms with Gasteiger partial charge in [0.05, 0.1) is 11.7 Å². The van der Waals surface area contributed by atoms with Gasteiger partial charge in [-0.2, -0.15) is 5.10 Å². The molecule has 1 amide bonds. The van der Waals surface area contributed by atoms with Crippen LogP contribution in [0.2, 0.25) is 0 Å². The second kappa shape index (κ2) is 6.90. The number of hydrogen-bond acceptors (Lipinski definition) is 3. The molecular formula is C17H19F2N3O2. The zero-order chi connectivity index (χ0) is 18.0. The lowest BCUT2D eigenvalue weighted by atomic mass is 10.0. The number of hydrogen-bond donors (Lipinski definition) is 1. The van der Waals surface area contributed by atoms with Gasteiger partial charge in [0.2, 0.25) is 0 Å². The van der Waals surface area contributed by atoms with E-state index in [1.54, 1.807) is 20.8 Å². The normalized spacial score (nSPS) is 12.1. The van der Waals surface area contributed by atoms with E-state index in [1.165, 1.54) is 13.1 Å². The van der Waals surface area contributed by atoms with Crippen LogP contribution in [-0.4, -0.2) is 15.7 Å². The van der Waals surface area contributed by atoms with E-state index in [2.05, 4.69) is 10.4 Å². The lowest BCUT2D eigenvalue weighted by Crippen LogP contribution is -2.37. The van der Waals surface area contributed by atoms with Crippen LogP contribution in [0.4, 0.5) is 8.78 Å². The van der Waals surface area contributed by atoms with Crippen LogP contribution >= 0.6 is 0 Å². The fourth-order valence-electron chi connectivity index (χ4n) is 2.53. The van der Waals surface area contributed by atoms with E-state index in [-0.39, 0.29) is 11.1 Å². The summed E-state index contributed by atoms with van der Waals surface area (Å²) in [6.07, 6.45) is 0.387. The second-order valence-corrected chi connectivity index (χ2v) is 5.61. The van der Waals surface area contributed by atoms with E-state index in [1.807, 2.05) is 0 Å². The number of aryl methyl sites for hydroxylation is 2. The highest BCUT2D eigenvalue weighted by molar-refractivity contribution is 5.95. The number of carbonyl (C=O) groups is 1. The quantitative estimate of drug-likeness (QED) is 0.934. The molecule has 0 saturated heterocycles. The van der Waals surface area contributed by atoms with E-state index in [4.69, 9.17) is 0 Å². The standard InChI is InChI=1S/C17H19F2N3O2/c1-5-14(12-7-6-11(18)8-13(12)19)20-16(23)15-9(2)10(3)21-22(4)17(15)24/h6-8,14H,5H2,1-4H3,(H,20,23). The monoisotopic (exact) mass is 335 g/mol. The number of nitrogens with one attached hydrogen (secondary N) is 1. The van der Waals surface area contributed by atoms with Crippen LogP contribution in [0.25, 0.3) is 0 Å². The Morgan fingerprint density at radius 2 is 2.00 bits per heavy atom. The molecule has 24 heavy (non-hydrogen) atoms. The first-order valence-corrected chi connectivity index (χ1v) is 7.56. The topological polar surface area (TPSA) is 64.0 Å². The molecule has 1 heterocycles. The zero-order valence-corrected chi connectivity index (χ0v) is 14.0. The van der Waals surface area contributed by atoms with Crippen molar-refractivity contribution >= 4 is 5.91 Å². The molecule has 1 atom stereocenters. The summed E-state index contributed by atoms with van der Waals surface area (Å²) in [7, 11) is 1.46. The fraction of sp³-hybridized carbons (Fsp3) is 0.353. The van der Waals surface area contributed by atoms with E-state index >= 15 is 0 Å². The molecule has 0 bridgehead atoms. The predicted molar refractivity (Wildman–Crippen MR) is 85.8 cm³/mol. The minimum absolute atomic E-state index is 0.0223. The minimum atomic E-state index is -0.738. The summed E-state index contributed by atoms with van der Waals surface area (Å²) in [4.78, 5) is 24.8. The van der Waals surface area contributed by atoms with Crippen molar-refractivity contribution < 1.29 is 13.6 Å². The molecule has 0 aliphatic heterocycles. The molecule has 1 N–H and O–H groups in total. The van der Waals surface area contributed by atoms with Crippen molar-refractivity contribution in [2.75, 3.05) is 0 Å². The van der Waals surface area contributed by atoms with Gasteiger partial charge < -0.3 is 5.32 Å². The first kappa shape index (κ1) is 17.8. The number of aromatic nitrogens is 2. The third-order valence-electron chi connectivity index (χ3n) is 4.00. The molecule has 0 spiro atoms. The molecule has 0 aliphatic carbocycles. The SMILES string of the molecule is CCC(NC(=O)c1c(C)c(C)nn(C)c1=O)c1ccc(F)cc1F. The number of halogens is 2. The summed E-state index contributed by atoms with van der Waals surface area (Å²) >= 11 is 0. The van der Waals surface area contributed by atoms with Gasteiger partial charge in [0.1, 0.15) is 17.2 Å². The molecule has 1 aromatic carbocycles. The first-order chi connectivity index (χ1) is 11.3. The second-order valence-electron chi connectivity index (χ2n) is 5.61. The van der Waals surface area contributed by atoms with Crippen molar-refractivity contribution in [1.29, 1.82) is 0 Å². The molecule has 0 saturated carbocycles. The highest BCUT2D eigenvalue weighted by atomic mass is 19.1. The lowest BCUT2D eigenvalue weighted by molar-refractivity contribution is 0.0931. The maximum Gasteiger partial charge on any atom is 0.279 e. The molecule has 1 aromatic heterocycles. The Balaban J connectivity index is 2.39. The highest BCUT2D eigenvalue weighted by Gasteiger charge is 2.22. The van der Waals surface area contributed by atoms with Gasteiger partial charge in [0.15, 0.2) is 0 Å². The van der Waals surface area contributed by atoms with Crippen molar-refractivity contribution in [3.8, 4) is 0 Å². The van der Waals surface area contributed by atoms with Gasteiger partial charge in [0.25, 0.3) is 11.5 Å². The van der Waals surface area contributed by atoms with Crippen molar-refractivity contribution in [1.82, 2.24) is 15.1 Å². The van der Waals surface area contributed by atoms with Crippen molar-refractivity contribution in [2.45, 2.75) is 33.2 Å². The smallest absolute Gasteiger partial charge is 0.279 e. The minimum Gasteiger partial charge on any atom is -0.345 e.